The average Bonchev–Trinajstić information content (AvgIpc) is 2.54. The van der Waals surface area contributed by atoms with Crippen molar-refractivity contribution in [2.24, 2.45) is 11.3 Å². The Bertz CT molecular complexity index is 389. The first-order valence-corrected chi connectivity index (χ1v) is 7.27. The topological polar surface area (TPSA) is 63.7 Å². The zero-order valence-electron chi connectivity index (χ0n) is 12.9. The fourth-order valence-electron chi connectivity index (χ4n) is 2.14. The van der Waals surface area contributed by atoms with Crippen molar-refractivity contribution in [2.45, 2.75) is 47.0 Å². The maximum Gasteiger partial charge on any atom is 0.319 e. The SMILES string of the molecule is CCOC(=O)C(C)(C)C(=O)CN1CCC(C)CCC1=O. The zero-order valence-corrected chi connectivity index (χ0v) is 12.9. The number of amides is 1. The summed E-state index contributed by atoms with van der Waals surface area (Å²) in [6.45, 7) is 7.76. The van der Waals surface area contributed by atoms with E-state index in [0.717, 1.165) is 12.8 Å². The Hall–Kier alpha value is -1.39. The number of ketones is 1. The number of Topliss-reactive ketones (excluding diaryl/α,β-unsaturated/α-hetero) is 1. The number of likely N-dealkylation sites (tertiary alicyclic amines) is 1. The summed E-state index contributed by atoms with van der Waals surface area (Å²) in [5, 5.41) is 0. The van der Waals surface area contributed by atoms with E-state index in [9.17, 15) is 14.4 Å². The molecular formula is C15H25NO4. The first-order chi connectivity index (χ1) is 9.28. The van der Waals surface area contributed by atoms with E-state index in [1.165, 1.54) is 0 Å². The van der Waals surface area contributed by atoms with Gasteiger partial charge in [-0.05, 0) is 39.5 Å². The van der Waals surface area contributed by atoms with Crippen molar-refractivity contribution in [1.82, 2.24) is 4.90 Å². The lowest BCUT2D eigenvalue weighted by atomic mass is 9.87. The van der Waals surface area contributed by atoms with Crippen LogP contribution in [0.15, 0.2) is 0 Å². The van der Waals surface area contributed by atoms with Gasteiger partial charge in [-0.1, -0.05) is 6.92 Å². The highest BCUT2D eigenvalue weighted by molar-refractivity contribution is 6.04. The summed E-state index contributed by atoms with van der Waals surface area (Å²) in [6, 6.07) is 0. The molecule has 1 fully saturated rings. The molecule has 20 heavy (non-hydrogen) atoms. The largest absolute Gasteiger partial charge is 0.465 e. The highest BCUT2D eigenvalue weighted by atomic mass is 16.5. The van der Waals surface area contributed by atoms with Crippen molar-refractivity contribution < 1.29 is 19.1 Å². The Kier molecular flexibility index (Phi) is 5.72. The van der Waals surface area contributed by atoms with Crippen molar-refractivity contribution in [3.8, 4) is 0 Å². The van der Waals surface area contributed by atoms with Gasteiger partial charge in [0.15, 0.2) is 5.78 Å². The summed E-state index contributed by atoms with van der Waals surface area (Å²) >= 11 is 0. The van der Waals surface area contributed by atoms with Crippen LogP contribution in [-0.4, -0.2) is 42.3 Å². The molecule has 1 atom stereocenters. The van der Waals surface area contributed by atoms with Crippen LogP contribution in [0.5, 0.6) is 0 Å². The van der Waals surface area contributed by atoms with Crippen LogP contribution in [0.1, 0.15) is 47.0 Å². The molecule has 1 unspecified atom stereocenters. The molecule has 1 amide bonds. The lowest BCUT2D eigenvalue weighted by molar-refractivity contribution is -0.159. The molecule has 0 spiro atoms. The van der Waals surface area contributed by atoms with Gasteiger partial charge >= 0.3 is 5.97 Å². The predicted octanol–water partition coefficient (Wildman–Crippen LogP) is 1.79. The van der Waals surface area contributed by atoms with Gasteiger partial charge in [-0.2, -0.15) is 0 Å². The Morgan fingerprint density at radius 3 is 2.60 bits per heavy atom. The number of hydrogen-bond donors (Lipinski definition) is 0. The molecule has 5 heteroatoms. The second-order valence-electron chi connectivity index (χ2n) is 6.02. The molecule has 1 rings (SSSR count). The van der Waals surface area contributed by atoms with Crippen LogP contribution in [0.2, 0.25) is 0 Å². The summed E-state index contributed by atoms with van der Waals surface area (Å²) in [7, 11) is 0. The molecule has 0 aromatic rings. The third kappa shape index (κ3) is 4.05. The molecule has 1 saturated heterocycles. The van der Waals surface area contributed by atoms with E-state index >= 15 is 0 Å². The van der Waals surface area contributed by atoms with Crippen LogP contribution in [0, 0.1) is 11.3 Å². The fraction of sp³-hybridized carbons (Fsp3) is 0.800. The minimum Gasteiger partial charge on any atom is -0.465 e. The van der Waals surface area contributed by atoms with Crippen LogP contribution < -0.4 is 0 Å². The summed E-state index contributed by atoms with van der Waals surface area (Å²) in [5.74, 6) is -0.293. The Morgan fingerprint density at radius 2 is 2.00 bits per heavy atom. The van der Waals surface area contributed by atoms with E-state index in [1.54, 1.807) is 25.7 Å². The van der Waals surface area contributed by atoms with Gasteiger partial charge < -0.3 is 9.64 Å². The van der Waals surface area contributed by atoms with Gasteiger partial charge in [-0.3, -0.25) is 14.4 Å². The first-order valence-electron chi connectivity index (χ1n) is 7.27. The number of hydrogen-bond acceptors (Lipinski definition) is 4. The first kappa shape index (κ1) is 16.7. The second kappa shape index (κ2) is 6.86. The van der Waals surface area contributed by atoms with Gasteiger partial charge in [0.1, 0.15) is 5.41 Å². The highest BCUT2D eigenvalue weighted by Crippen LogP contribution is 2.22. The number of rotatable bonds is 5. The maximum atomic E-state index is 12.3. The molecule has 0 aromatic heterocycles. The minimum atomic E-state index is -1.20. The van der Waals surface area contributed by atoms with Crippen molar-refractivity contribution >= 4 is 17.7 Å². The number of carbonyl (C=O) groups is 3. The second-order valence-corrected chi connectivity index (χ2v) is 6.02. The molecule has 0 radical (unpaired) electrons. The van der Waals surface area contributed by atoms with E-state index < -0.39 is 11.4 Å². The van der Waals surface area contributed by atoms with E-state index in [0.29, 0.717) is 18.9 Å². The molecule has 1 heterocycles. The van der Waals surface area contributed by atoms with Crippen molar-refractivity contribution in [3.63, 3.8) is 0 Å². The van der Waals surface area contributed by atoms with Crippen LogP contribution in [-0.2, 0) is 19.1 Å². The van der Waals surface area contributed by atoms with Gasteiger partial charge in [0.05, 0.1) is 13.2 Å². The smallest absolute Gasteiger partial charge is 0.319 e. The summed E-state index contributed by atoms with van der Waals surface area (Å²) in [5.41, 5.74) is -1.20. The number of ether oxygens (including phenoxy) is 1. The minimum absolute atomic E-state index is 0.00218. The monoisotopic (exact) mass is 283 g/mol. The Balaban J connectivity index is 2.68. The summed E-state index contributed by atoms with van der Waals surface area (Å²) in [4.78, 5) is 37.6. The summed E-state index contributed by atoms with van der Waals surface area (Å²) < 4.78 is 4.92. The van der Waals surface area contributed by atoms with Crippen molar-refractivity contribution in [1.29, 1.82) is 0 Å². The molecule has 0 aromatic carbocycles. The highest BCUT2D eigenvalue weighted by Gasteiger charge is 2.38. The normalized spacial score (nSPS) is 20.5. The van der Waals surface area contributed by atoms with Crippen molar-refractivity contribution in [2.75, 3.05) is 19.7 Å². The van der Waals surface area contributed by atoms with Crippen LogP contribution in [0.25, 0.3) is 0 Å². The van der Waals surface area contributed by atoms with Gasteiger partial charge in [0.25, 0.3) is 0 Å². The van der Waals surface area contributed by atoms with Gasteiger partial charge in [-0.25, -0.2) is 0 Å². The third-order valence-electron chi connectivity index (χ3n) is 3.91. The van der Waals surface area contributed by atoms with Crippen LogP contribution in [0.3, 0.4) is 0 Å². The number of carbonyl (C=O) groups excluding carboxylic acids is 3. The van der Waals surface area contributed by atoms with Crippen molar-refractivity contribution in [3.05, 3.63) is 0 Å². The summed E-state index contributed by atoms with van der Waals surface area (Å²) in [6.07, 6.45) is 2.25. The van der Waals surface area contributed by atoms with E-state index in [2.05, 4.69) is 6.92 Å². The average molecular weight is 283 g/mol. The van der Waals surface area contributed by atoms with Gasteiger partial charge in [0, 0.05) is 13.0 Å². The molecule has 1 aliphatic heterocycles. The zero-order chi connectivity index (χ0) is 15.3. The van der Waals surface area contributed by atoms with E-state index in [1.807, 2.05) is 0 Å². The molecular weight excluding hydrogens is 258 g/mol. The molecule has 0 saturated carbocycles. The standard InChI is InChI=1S/C15H25NO4/c1-5-20-14(19)15(3,4)12(17)10-16-9-8-11(2)6-7-13(16)18/h11H,5-10H2,1-4H3. The third-order valence-corrected chi connectivity index (χ3v) is 3.91. The molecule has 114 valence electrons. The predicted molar refractivity (Wildman–Crippen MR) is 75.0 cm³/mol. The maximum absolute atomic E-state index is 12.3. The van der Waals surface area contributed by atoms with Crippen LogP contribution >= 0.6 is 0 Å². The Morgan fingerprint density at radius 1 is 1.35 bits per heavy atom. The van der Waals surface area contributed by atoms with E-state index in [4.69, 9.17) is 4.74 Å². The van der Waals surface area contributed by atoms with Gasteiger partial charge in [-0.15, -0.1) is 0 Å². The molecule has 1 aliphatic rings. The molecule has 0 bridgehead atoms. The Labute approximate surface area is 120 Å². The van der Waals surface area contributed by atoms with Gasteiger partial charge in [0.2, 0.25) is 5.91 Å². The quantitative estimate of drug-likeness (QED) is 0.570. The van der Waals surface area contributed by atoms with Crippen LogP contribution in [0.4, 0.5) is 0 Å². The molecule has 0 aliphatic carbocycles. The fourth-order valence-corrected chi connectivity index (χ4v) is 2.14. The molecule has 0 N–H and O–H groups in total. The van der Waals surface area contributed by atoms with E-state index in [-0.39, 0.29) is 24.8 Å². The lowest BCUT2D eigenvalue weighted by Gasteiger charge is -2.26. The number of nitrogens with zero attached hydrogens (tertiary/aromatic N) is 1. The number of esters is 1. The molecule has 5 nitrogen and oxygen atoms in total. The lowest BCUT2D eigenvalue weighted by Crippen LogP contribution is -2.44.